The van der Waals surface area contributed by atoms with Gasteiger partial charge >= 0.3 is 150 Å². The summed E-state index contributed by atoms with van der Waals surface area (Å²) in [7, 11) is 7.00. The van der Waals surface area contributed by atoms with Gasteiger partial charge in [0.15, 0.2) is 0 Å². The topological polar surface area (TPSA) is 57.3 Å². The van der Waals surface area contributed by atoms with Gasteiger partial charge in [-0.2, -0.15) is 28.2 Å². The molecule has 30 heavy (non-hydrogen) atoms. The van der Waals surface area contributed by atoms with E-state index in [0.29, 0.717) is 12.3 Å². The molecule has 1 N–H and O–H groups in total. The summed E-state index contributed by atoms with van der Waals surface area (Å²) in [5.74, 6) is 0.700. The van der Waals surface area contributed by atoms with Crippen molar-refractivity contribution in [2.24, 2.45) is 5.92 Å². The number of unbranched alkanes of at least 4 members (excludes halogenated alkanes) is 1. The molecule has 0 spiro atoms. The van der Waals surface area contributed by atoms with Crippen LogP contribution in [0, 0.1) is 19.8 Å². The van der Waals surface area contributed by atoms with Gasteiger partial charge in [0.1, 0.15) is 0 Å². The average Bonchev–Trinajstić information content (AvgIpc) is 3.19. The first-order valence-corrected chi connectivity index (χ1v) is 14.1. The number of nitrogens with zero attached hydrogens (tertiary/aromatic N) is 2. The number of carbonyl (C=O) groups excluding carboxylic acids is 1. The number of allylic oxidation sites excluding steroid dienone is 4. The Hall–Kier alpha value is -1.20. The fraction of sp³-hybridized carbons (Fsp3) is 0.560. The molecule has 1 amide bonds. The van der Waals surface area contributed by atoms with Crippen LogP contribution in [-0.2, 0) is 21.6 Å². The summed E-state index contributed by atoms with van der Waals surface area (Å²) in [4.78, 5) is 12.7. The van der Waals surface area contributed by atoms with Crippen LogP contribution in [0.5, 0.6) is 0 Å². The summed E-state index contributed by atoms with van der Waals surface area (Å²) in [6, 6.07) is 4.61. The summed E-state index contributed by atoms with van der Waals surface area (Å²) in [5, 5.41) is 7.00. The van der Waals surface area contributed by atoms with Crippen LogP contribution in [0.25, 0.3) is 10.6 Å². The fourth-order valence-corrected chi connectivity index (χ4v) is 13.1. The number of fused-ring (bicyclic) bond motifs is 1. The molecule has 2 atom stereocenters. The molecular formula is C25H41N3OTi. The van der Waals surface area contributed by atoms with E-state index in [4.69, 9.17) is 0 Å². The molecule has 1 heterocycles. The zero-order valence-corrected chi connectivity index (χ0v) is 22.3. The van der Waals surface area contributed by atoms with E-state index in [0.717, 1.165) is 12.8 Å². The second kappa shape index (κ2) is 12.0. The molecule has 0 saturated carbocycles. The summed E-state index contributed by atoms with van der Waals surface area (Å²) in [6.07, 6.45) is 5.07. The van der Waals surface area contributed by atoms with Crippen LogP contribution in [0.15, 0.2) is 33.2 Å². The number of benzene rings is 1. The van der Waals surface area contributed by atoms with Gasteiger partial charge in [0.25, 0.3) is 0 Å². The third-order valence-corrected chi connectivity index (χ3v) is 12.9. The van der Waals surface area contributed by atoms with E-state index < -0.39 is 16.8 Å². The largest absolute Gasteiger partial charge is 0.668 e. The van der Waals surface area contributed by atoms with E-state index in [1.807, 2.05) is 0 Å². The molecule has 5 heteroatoms. The second-order valence-corrected chi connectivity index (χ2v) is 13.7. The van der Waals surface area contributed by atoms with Crippen LogP contribution in [0.2, 0.25) is 0 Å². The Labute approximate surface area is 188 Å². The average molecular weight is 447 g/mol. The van der Waals surface area contributed by atoms with Crippen molar-refractivity contribution in [3.8, 4) is 0 Å². The molecule has 1 aliphatic heterocycles. The summed E-state index contributed by atoms with van der Waals surface area (Å²) >= 11 is -2.82. The molecule has 1 aromatic rings. The third-order valence-electron chi connectivity index (χ3n) is 5.64. The minimum absolute atomic E-state index is 0.252. The van der Waals surface area contributed by atoms with E-state index in [-0.39, 0.29) is 5.91 Å². The van der Waals surface area contributed by atoms with Crippen molar-refractivity contribution in [3.63, 3.8) is 0 Å². The van der Waals surface area contributed by atoms with Gasteiger partial charge in [-0.3, -0.25) is 0 Å². The number of hydrogen-bond acceptors (Lipinski definition) is 1. The molecule has 0 bridgehead atoms. The third kappa shape index (κ3) is 5.73. The van der Waals surface area contributed by atoms with E-state index in [1.165, 1.54) is 30.0 Å². The van der Waals surface area contributed by atoms with E-state index in [2.05, 4.69) is 74.2 Å². The van der Waals surface area contributed by atoms with Gasteiger partial charge in [0.05, 0.1) is 0 Å². The SMILES string of the molecule is CCCCC(=O)[NH][Ti+2]1([C]2=C(C)C(C)=CC2C)[c]2cc(C)cc(C)[c]21.C[N-]C.C[N-]C. The van der Waals surface area contributed by atoms with Gasteiger partial charge in [0, 0.05) is 0 Å². The van der Waals surface area contributed by atoms with Crippen molar-refractivity contribution in [2.75, 3.05) is 28.2 Å². The molecule has 0 fully saturated rings. The van der Waals surface area contributed by atoms with Crippen molar-refractivity contribution in [2.45, 2.75) is 60.8 Å². The van der Waals surface area contributed by atoms with Gasteiger partial charge in [-0.05, 0) is 0 Å². The monoisotopic (exact) mass is 447 g/mol. The molecule has 1 aliphatic carbocycles. The Kier molecular flexibility index (Phi) is 10.7. The van der Waals surface area contributed by atoms with Crippen molar-refractivity contribution >= 4 is 13.6 Å². The van der Waals surface area contributed by atoms with Crippen molar-refractivity contribution in [1.29, 1.82) is 0 Å². The number of rotatable bonds is 5. The molecule has 0 aromatic heterocycles. The van der Waals surface area contributed by atoms with Crippen molar-refractivity contribution < 1.29 is 21.6 Å². The Morgan fingerprint density at radius 3 is 2.10 bits per heavy atom. The van der Waals surface area contributed by atoms with Crippen LogP contribution in [0.1, 0.15) is 58.1 Å². The molecule has 166 valence electrons. The first kappa shape index (κ1) is 26.8. The smallest absolute Gasteiger partial charge is 0.162 e. The minimum Gasteiger partial charge on any atom is -0.668 e. The normalized spacial score (nSPS) is 18.9. The van der Waals surface area contributed by atoms with Crippen molar-refractivity contribution in [1.82, 2.24) is 3.80 Å². The summed E-state index contributed by atoms with van der Waals surface area (Å²) in [5.41, 5.74) is 5.50. The van der Waals surface area contributed by atoms with Crippen LogP contribution in [0.3, 0.4) is 0 Å². The number of carbonyl (C=O) groups is 1. The van der Waals surface area contributed by atoms with E-state index in [1.54, 1.807) is 32.1 Å². The Morgan fingerprint density at radius 2 is 1.63 bits per heavy atom. The Morgan fingerprint density at radius 1 is 1.07 bits per heavy atom. The van der Waals surface area contributed by atoms with Gasteiger partial charge < -0.3 is 10.6 Å². The maximum Gasteiger partial charge on any atom is -0.162 e. The molecular weight excluding hydrogens is 406 g/mol. The molecule has 2 aliphatic rings. The predicted octanol–water partition coefficient (Wildman–Crippen LogP) is 5.05. The molecule has 1 aromatic carbocycles. The summed E-state index contributed by atoms with van der Waals surface area (Å²) in [6.45, 7) is 13.3. The van der Waals surface area contributed by atoms with Gasteiger partial charge in [-0.25, -0.2) is 0 Å². The number of amides is 1. The fourth-order valence-electron chi connectivity index (χ4n) is 4.52. The van der Waals surface area contributed by atoms with Crippen LogP contribution in [0.4, 0.5) is 0 Å². The number of nitrogens with one attached hydrogen (secondary N) is 1. The van der Waals surface area contributed by atoms with Gasteiger partial charge in [-0.1, -0.05) is 0 Å². The zero-order valence-electron chi connectivity index (χ0n) is 20.7. The number of aryl methyl sites for hydroxylation is 2. The van der Waals surface area contributed by atoms with Crippen LogP contribution < -0.4 is 11.5 Å². The first-order chi connectivity index (χ1) is 14.2. The maximum absolute atomic E-state index is 12.7. The zero-order chi connectivity index (χ0) is 23.1. The maximum atomic E-state index is 12.7. The van der Waals surface area contributed by atoms with Gasteiger partial charge in [0.2, 0.25) is 0 Å². The van der Waals surface area contributed by atoms with E-state index >= 15 is 0 Å². The van der Waals surface area contributed by atoms with Crippen molar-refractivity contribution in [3.05, 3.63) is 55.0 Å². The standard InChI is InChI=1S/C8H11.C8H8.C5H11NO.2C2H6N.Ti/c1-6-4-7(2)8(3)5-6;1-7-4-3-5-8(2)6-7;1-2-3-4-5(6)7;2*1-3-2;/h4,6H,1-3H3;4,6H,1-2H3;2-4H2,1H3,(H2,6,7);2*1-2H3;/q;;;2*-1;+3/p-1. The Bertz CT molecular complexity index is 811. The van der Waals surface area contributed by atoms with Crippen LogP contribution in [-0.4, -0.2) is 34.1 Å². The summed E-state index contributed by atoms with van der Waals surface area (Å²) < 4.78 is 8.17. The molecule has 3 rings (SSSR count). The Balaban J connectivity index is 0.000000672. The van der Waals surface area contributed by atoms with Gasteiger partial charge in [-0.15, -0.1) is 0 Å². The predicted molar refractivity (Wildman–Crippen MR) is 129 cm³/mol. The quantitative estimate of drug-likeness (QED) is 0.631. The first-order valence-electron chi connectivity index (χ1n) is 10.9. The van der Waals surface area contributed by atoms with Crippen LogP contribution >= 0.6 is 0 Å². The van der Waals surface area contributed by atoms with E-state index in [9.17, 15) is 4.79 Å². The number of hydrogen-bond donors (Lipinski definition) is 1. The minimum atomic E-state index is -2.82. The molecule has 4 nitrogen and oxygen atoms in total. The second-order valence-electron chi connectivity index (χ2n) is 8.48. The molecule has 0 saturated heterocycles. The molecule has 2 unspecified atom stereocenters. The molecule has 0 radical (unpaired) electrons.